The number of halogens is 1. The van der Waals surface area contributed by atoms with E-state index in [-0.39, 0.29) is 5.91 Å². The Morgan fingerprint density at radius 1 is 1.00 bits per heavy atom. The molecule has 0 atom stereocenters. The summed E-state index contributed by atoms with van der Waals surface area (Å²) >= 11 is 1.28. The van der Waals surface area contributed by atoms with Crippen LogP contribution in [-0.2, 0) is 0 Å². The smallest absolute Gasteiger partial charge is 0.256 e. The fraction of sp³-hybridized carbons (Fsp3) is 0.148. The van der Waals surface area contributed by atoms with Crippen molar-refractivity contribution in [1.82, 2.24) is 4.98 Å². The Bertz CT molecular complexity index is 1280. The van der Waals surface area contributed by atoms with E-state index in [2.05, 4.69) is 51.7 Å². The Labute approximate surface area is 208 Å². The first-order chi connectivity index (χ1) is 17.1. The molecule has 0 aliphatic rings. The van der Waals surface area contributed by atoms with Gasteiger partial charge in [-0.25, -0.2) is 9.37 Å². The third-order valence-electron chi connectivity index (χ3n) is 5.40. The minimum atomic E-state index is -0.392. The van der Waals surface area contributed by atoms with Crippen LogP contribution in [0, 0.1) is 5.82 Å². The molecule has 0 radical (unpaired) electrons. The van der Waals surface area contributed by atoms with Gasteiger partial charge in [-0.1, -0.05) is 53.8 Å². The van der Waals surface area contributed by atoms with Crippen LogP contribution in [-0.4, -0.2) is 30.2 Å². The number of carbonyl (C=O) groups excluding carboxylic acids is 1. The van der Waals surface area contributed by atoms with Crippen molar-refractivity contribution in [2.24, 2.45) is 5.10 Å². The van der Waals surface area contributed by atoms with Crippen LogP contribution in [0.5, 0.6) is 0 Å². The zero-order valence-electron chi connectivity index (χ0n) is 19.5. The van der Waals surface area contributed by atoms with Crippen LogP contribution in [0.3, 0.4) is 0 Å². The van der Waals surface area contributed by atoms with Gasteiger partial charge in [0.05, 0.1) is 6.21 Å². The lowest BCUT2D eigenvalue weighted by molar-refractivity contribution is 0.102. The van der Waals surface area contributed by atoms with Crippen LogP contribution in [0.15, 0.2) is 84.0 Å². The molecule has 4 rings (SSSR count). The summed E-state index contributed by atoms with van der Waals surface area (Å²) in [6.45, 7) is 6.19. The van der Waals surface area contributed by atoms with E-state index < -0.39 is 5.82 Å². The topological polar surface area (TPSA) is 69.6 Å². The van der Waals surface area contributed by atoms with Crippen LogP contribution in [0.25, 0.3) is 11.3 Å². The van der Waals surface area contributed by atoms with Crippen LogP contribution < -0.4 is 15.6 Å². The highest BCUT2D eigenvalue weighted by molar-refractivity contribution is 7.20. The Morgan fingerprint density at radius 3 is 2.34 bits per heavy atom. The molecule has 0 saturated carbocycles. The molecule has 4 aromatic rings. The molecule has 0 saturated heterocycles. The fourth-order valence-electron chi connectivity index (χ4n) is 3.54. The number of hydrazone groups is 1. The van der Waals surface area contributed by atoms with E-state index in [1.165, 1.54) is 41.3 Å². The number of anilines is 3. The van der Waals surface area contributed by atoms with Crippen molar-refractivity contribution < 1.29 is 9.18 Å². The van der Waals surface area contributed by atoms with Crippen LogP contribution in [0.4, 0.5) is 20.2 Å². The van der Waals surface area contributed by atoms with Crippen LogP contribution in [0.2, 0.25) is 0 Å². The zero-order chi connectivity index (χ0) is 24.6. The number of nitrogens with zero attached hydrogens (tertiary/aromatic N) is 3. The molecule has 35 heavy (non-hydrogen) atoms. The zero-order valence-corrected chi connectivity index (χ0v) is 20.3. The van der Waals surface area contributed by atoms with Gasteiger partial charge in [-0.05, 0) is 55.8 Å². The highest BCUT2D eigenvalue weighted by Crippen LogP contribution is 2.36. The number of thiazole rings is 1. The third kappa shape index (κ3) is 6.10. The summed E-state index contributed by atoms with van der Waals surface area (Å²) in [5.74, 6) is -0.731. The predicted octanol–water partition coefficient (Wildman–Crippen LogP) is 6.49. The lowest BCUT2D eigenvalue weighted by atomic mass is 10.1. The number of amides is 1. The summed E-state index contributed by atoms with van der Waals surface area (Å²) in [6, 6.07) is 23.2. The van der Waals surface area contributed by atoms with Gasteiger partial charge in [0.15, 0.2) is 0 Å². The predicted molar refractivity (Wildman–Crippen MR) is 143 cm³/mol. The Kier molecular flexibility index (Phi) is 7.84. The average Bonchev–Trinajstić information content (AvgIpc) is 3.29. The van der Waals surface area contributed by atoms with Gasteiger partial charge in [-0.3, -0.25) is 10.2 Å². The van der Waals surface area contributed by atoms with Crippen LogP contribution >= 0.6 is 11.3 Å². The monoisotopic (exact) mass is 487 g/mol. The van der Waals surface area contributed by atoms with Crippen molar-refractivity contribution in [3.05, 3.63) is 95.8 Å². The van der Waals surface area contributed by atoms with E-state index in [1.54, 1.807) is 6.21 Å². The fourth-order valence-corrected chi connectivity index (χ4v) is 4.38. The maximum Gasteiger partial charge on any atom is 0.256 e. The van der Waals surface area contributed by atoms with Gasteiger partial charge in [0.25, 0.3) is 5.91 Å². The SMILES string of the molecule is CCN(CC)c1ccc(/C=N/Nc2nc(-c3ccccc3)c(NC(=O)c3ccc(F)cc3)s2)cc1. The molecule has 1 aromatic heterocycles. The molecule has 6 nitrogen and oxygen atoms in total. The number of rotatable bonds is 9. The second kappa shape index (κ2) is 11.4. The number of carbonyl (C=O) groups is 1. The second-order valence-corrected chi connectivity index (χ2v) is 8.66. The van der Waals surface area contributed by atoms with Crippen molar-refractivity contribution in [1.29, 1.82) is 0 Å². The molecule has 1 amide bonds. The second-order valence-electron chi connectivity index (χ2n) is 7.66. The summed E-state index contributed by atoms with van der Waals surface area (Å²) in [5, 5.41) is 8.34. The molecular weight excluding hydrogens is 461 g/mol. The summed E-state index contributed by atoms with van der Waals surface area (Å²) in [4.78, 5) is 19.7. The maximum atomic E-state index is 13.2. The van der Waals surface area contributed by atoms with E-state index in [1.807, 2.05) is 42.5 Å². The number of aromatic nitrogens is 1. The standard InChI is InChI=1S/C27H26FN5OS/c1-3-33(4-2)23-16-10-19(11-17-23)18-29-32-27-30-24(20-8-6-5-7-9-20)26(35-27)31-25(34)21-12-14-22(28)15-13-21/h5-18H,3-4H2,1-2H3,(H,30,32)(H,31,34)/b29-18+. The van der Waals surface area contributed by atoms with Crippen molar-refractivity contribution in [3.8, 4) is 11.3 Å². The van der Waals surface area contributed by atoms with Gasteiger partial charge in [0, 0.05) is 29.9 Å². The molecule has 0 aliphatic carbocycles. The normalized spacial score (nSPS) is 10.9. The van der Waals surface area contributed by atoms with Crippen LogP contribution in [0.1, 0.15) is 29.8 Å². The van der Waals surface area contributed by atoms with Gasteiger partial charge in [-0.2, -0.15) is 5.10 Å². The first-order valence-electron chi connectivity index (χ1n) is 11.3. The first-order valence-corrected chi connectivity index (χ1v) is 12.2. The van der Waals surface area contributed by atoms with Gasteiger partial charge in [-0.15, -0.1) is 0 Å². The van der Waals surface area contributed by atoms with Gasteiger partial charge in [0.1, 0.15) is 16.5 Å². The largest absolute Gasteiger partial charge is 0.372 e. The van der Waals surface area contributed by atoms with Crippen molar-refractivity contribution in [3.63, 3.8) is 0 Å². The van der Waals surface area contributed by atoms with Crippen molar-refractivity contribution in [2.75, 3.05) is 28.7 Å². The molecule has 0 fully saturated rings. The van der Waals surface area contributed by atoms with Gasteiger partial charge < -0.3 is 10.2 Å². The molecule has 2 N–H and O–H groups in total. The third-order valence-corrected chi connectivity index (χ3v) is 6.28. The highest BCUT2D eigenvalue weighted by atomic mass is 32.1. The lowest BCUT2D eigenvalue weighted by Gasteiger charge is -2.20. The van der Waals surface area contributed by atoms with E-state index in [0.717, 1.165) is 24.2 Å². The number of hydrogen-bond acceptors (Lipinski definition) is 6. The van der Waals surface area contributed by atoms with E-state index in [0.29, 0.717) is 21.4 Å². The van der Waals surface area contributed by atoms with E-state index in [4.69, 9.17) is 0 Å². The summed E-state index contributed by atoms with van der Waals surface area (Å²) < 4.78 is 13.2. The Balaban J connectivity index is 1.51. The number of benzene rings is 3. The Hall–Kier alpha value is -4.04. The average molecular weight is 488 g/mol. The molecule has 3 aromatic carbocycles. The van der Waals surface area contributed by atoms with E-state index >= 15 is 0 Å². The summed E-state index contributed by atoms with van der Waals surface area (Å²) in [7, 11) is 0. The lowest BCUT2D eigenvalue weighted by Crippen LogP contribution is -2.21. The number of nitrogens with one attached hydrogen (secondary N) is 2. The van der Waals surface area contributed by atoms with Crippen molar-refractivity contribution >= 4 is 39.3 Å². The van der Waals surface area contributed by atoms with Gasteiger partial charge >= 0.3 is 0 Å². The van der Waals surface area contributed by atoms with E-state index in [9.17, 15) is 9.18 Å². The quantitative estimate of drug-likeness (QED) is 0.209. The molecule has 0 bridgehead atoms. The summed E-state index contributed by atoms with van der Waals surface area (Å²) in [6.07, 6.45) is 1.73. The molecule has 8 heteroatoms. The molecule has 0 unspecified atom stereocenters. The molecule has 1 heterocycles. The maximum absolute atomic E-state index is 13.2. The molecular formula is C27H26FN5OS. The van der Waals surface area contributed by atoms with Gasteiger partial charge in [0.2, 0.25) is 5.13 Å². The Morgan fingerprint density at radius 2 is 1.69 bits per heavy atom. The summed E-state index contributed by atoms with van der Waals surface area (Å²) in [5.41, 5.74) is 6.96. The number of hydrogen-bond donors (Lipinski definition) is 2. The first kappa shape index (κ1) is 24.1. The minimum Gasteiger partial charge on any atom is -0.372 e. The molecule has 0 spiro atoms. The highest BCUT2D eigenvalue weighted by Gasteiger charge is 2.16. The van der Waals surface area contributed by atoms with Crippen molar-refractivity contribution in [2.45, 2.75) is 13.8 Å². The molecule has 178 valence electrons. The molecule has 0 aliphatic heterocycles. The minimum absolute atomic E-state index is 0.339.